The molecule has 0 amide bonds. The van der Waals surface area contributed by atoms with Crippen molar-refractivity contribution in [3.63, 3.8) is 0 Å². The number of carbonyl (C=O) groups is 1. The van der Waals surface area contributed by atoms with Crippen LogP contribution in [0.3, 0.4) is 0 Å². The highest BCUT2D eigenvalue weighted by Crippen LogP contribution is 2.31. The minimum absolute atomic E-state index is 0.274. The van der Waals surface area contributed by atoms with E-state index >= 15 is 0 Å². The minimum Gasteiger partial charge on any atom is -0.493 e. The van der Waals surface area contributed by atoms with E-state index in [1.807, 2.05) is 6.07 Å². The highest BCUT2D eigenvalue weighted by Gasteiger charge is 2.29. The third-order valence-electron chi connectivity index (χ3n) is 2.87. The molecule has 0 aromatic heterocycles. The summed E-state index contributed by atoms with van der Waals surface area (Å²) in [5, 5.41) is 0. The Morgan fingerprint density at radius 3 is 2.83 bits per heavy atom. The first-order valence-corrected chi connectivity index (χ1v) is 5.82. The summed E-state index contributed by atoms with van der Waals surface area (Å²) in [4.78, 5) is 11.8. The number of hydrogen-bond acceptors (Lipinski definition) is 2. The number of halogens is 3. The molecule has 0 N–H and O–H groups in total. The van der Waals surface area contributed by atoms with Crippen molar-refractivity contribution >= 4 is 5.78 Å². The van der Waals surface area contributed by atoms with Crippen LogP contribution in [0.15, 0.2) is 18.2 Å². The molecule has 98 valence electrons. The molecular formula is C13H13F3O2. The summed E-state index contributed by atoms with van der Waals surface area (Å²) in [7, 11) is 0. The van der Waals surface area contributed by atoms with Crippen LogP contribution in [0.4, 0.5) is 13.2 Å². The molecule has 0 aliphatic carbocycles. The van der Waals surface area contributed by atoms with Crippen LogP contribution in [0.2, 0.25) is 0 Å². The molecule has 1 aromatic carbocycles. The number of fused-ring (bicyclic) bond motifs is 1. The fraction of sp³-hybridized carbons (Fsp3) is 0.462. The van der Waals surface area contributed by atoms with Crippen molar-refractivity contribution in [2.45, 2.75) is 31.9 Å². The summed E-state index contributed by atoms with van der Waals surface area (Å²) in [6.07, 6.45) is -4.24. The lowest BCUT2D eigenvalue weighted by atomic mass is 9.98. The van der Waals surface area contributed by atoms with E-state index in [9.17, 15) is 18.0 Å². The van der Waals surface area contributed by atoms with E-state index in [2.05, 4.69) is 0 Å². The van der Waals surface area contributed by atoms with E-state index in [-0.39, 0.29) is 5.56 Å². The number of ketones is 1. The van der Waals surface area contributed by atoms with E-state index < -0.39 is 24.8 Å². The van der Waals surface area contributed by atoms with Crippen LogP contribution in [-0.2, 0) is 6.42 Å². The summed E-state index contributed by atoms with van der Waals surface area (Å²) in [6, 6.07) is 5.06. The quantitative estimate of drug-likeness (QED) is 0.775. The van der Waals surface area contributed by atoms with Gasteiger partial charge in [0.05, 0.1) is 18.6 Å². The van der Waals surface area contributed by atoms with Crippen LogP contribution in [0.5, 0.6) is 5.75 Å². The molecule has 1 aliphatic heterocycles. The topological polar surface area (TPSA) is 26.3 Å². The average molecular weight is 258 g/mol. The number of aryl methyl sites for hydroxylation is 1. The highest BCUT2D eigenvalue weighted by atomic mass is 19.4. The molecule has 0 fully saturated rings. The van der Waals surface area contributed by atoms with Crippen molar-refractivity contribution in [2.24, 2.45) is 0 Å². The Kier molecular flexibility index (Phi) is 3.59. The molecule has 0 saturated heterocycles. The Bertz CT molecular complexity index is 452. The van der Waals surface area contributed by atoms with Crippen molar-refractivity contribution in [3.05, 3.63) is 29.3 Å². The maximum absolute atomic E-state index is 12.1. The van der Waals surface area contributed by atoms with Gasteiger partial charge in [-0.25, -0.2) is 0 Å². The second kappa shape index (κ2) is 5.00. The summed E-state index contributed by atoms with van der Waals surface area (Å²) >= 11 is 0. The summed E-state index contributed by atoms with van der Waals surface area (Å²) in [5.41, 5.74) is 1.18. The molecule has 5 heteroatoms. The molecule has 1 aromatic rings. The molecule has 2 rings (SSSR count). The first-order chi connectivity index (χ1) is 8.47. The van der Waals surface area contributed by atoms with Crippen LogP contribution in [-0.4, -0.2) is 18.6 Å². The SMILES string of the molecule is O=C(CCC(F)(F)F)c1cccc2c1OCCC2. The second-order valence-electron chi connectivity index (χ2n) is 4.28. The van der Waals surface area contributed by atoms with Crippen molar-refractivity contribution in [3.8, 4) is 5.75 Å². The lowest BCUT2D eigenvalue weighted by Gasteiger charge is -2.19. The van der Waals surface area contributed by atoms with Gasteiger partial charge in [-0.15, -0.1) is 0 Å². The zero-order valence-corrected chi connectivity index (χ0v) is 9.72. The molecule has 0 bridgehead atoms. The smallest absolute Gasteiger partial charge is 0.389 e. The average Bonchev–Trinajstić information content (AvgIpc) is 2.34. The van der Waals surface area contributed by atoms with E-state index in [4.69, 9.17) is 4.74 Å². The number of ether oxygens (including phenoxy) is 1. The van der Waals surface area contributed by atoms with Gasteiger partial charge in [0.1, 0.15) is 5.75 Å². The number of para-hydroxylation sites is 1. The lowest BCUT2D eigenvalue weighted by molar-refractivity contribution is -0.133. The first-order valence-electron chi connectivity index (χ1n) is 5.82. The minimum atomic E-state index is -4.30. The van der Waals surface area contributed by atoms with Gasteiger partial charge in [0.25, 0.3) is 0 Å². The van der Waals surface area contributed by atoms with E-state index in [1.54, 1.807) is 6.07 Å². The fourth-order valence-corrected chi connectivity index (χ4v) is 2.00. The van der Waals surface area contributed by atoms with Crippen LogP contribution in [0, 0.1) is 0 Å². The molecule has 1 aliphatic rings. The number of hydrogen-bond donors (Lipinski definition) is 0. The molecule has 0 radical (unpaired) electrons. The predicted molar refractivity (Wildman–Crippen MR) is 59.9 cm³/mol. The maximum atomic E-state index is 12.1. The Morgan fingerprint density at radius 1 is 1.33 bits per heavy atom. The molecule has 0 unspecified atom stereocenters. The van der Waals surface area contributed by atoms with E-state index in [0.717, 1.165) is 18.4 Å². The van der Waals surface area contributed by atoms with E-state index in [0.29, 0.717) is 12.4 Å². The van der Waals surface area contributed by atoms with Crippen molar-refractivity contribution < 1.29 is 22.7 Å². The molecular weight excluding hydrogens is 245 g/mol. The van der Waals surface area contributed by atoms with Gasteiger partial charge >= 0.3 is 6.18 Å². The van der Waals surface area contributed by atoms with Crippen LogP contribution >= 0.6 is 0 Å². The second-order valence-corrected chi connectivity index (χ2v) is 4.28. The standard InChI is InChI=1S/C13H13F3O2/c14-13(15,16)7-6-11(17)10-5-1-3-9-4-2-8-18-12(9)10/h1,3,5H,2,4,6-8H2. The Morgan fingerprint density at radius 2 is 2.11 bits per heavy atom. The van der Waals surface area contributed by atoms with Gasteiger partial charge in [-0.3, -0.25) is 4.79 Å². The van der Waals surface area contributed by atoms with Crippen molar-refractivity contribution in [2.75, 3.05) is 6.61 Å². The van der Waals surface area contributed by atoms with Gasteiger partial charge in [0.2, 0.25) is 0 Å². The molecule has 2 nitrogen and oxygen atoms in total. The van der Waals surface area contributed by atoms with Gasteiger partial charge in [0, 0.05) is 6.42 Å². The summed E-state index contributed by atoms with van der Waals surface area (Å²) in [6.45, 7) is 0.510. The zero-order valence-electron chi connectivity index (χ0n) is 9.72. The third-order valence-corrected chi connectivity index (χ3v) is 2.87. The Labute approximate surface area is 103 Å². The van der Waals surface area contributed by atoms with Gasteiger partial charge in [-0.2, -0.15) is 13.2 Å². The first kappa shape index (κ1) is 12.9. The third kappa shape index (κ3) is 3.03. The van der Waals surface area contributed by atoms with Crippen molar-refractivity contribution in [1.29, 1.82) is 0 Å². The molecule has 18 heavy (non-hydrogen) atoms. The maximum Gasteiger partial charge on any atom is 0.389 e. The number of Topliss-reactive ketones (excluding diaryl/α,β-unsaturated/α-hetero) is 1. The monoisotopic (exact) mass is 258 g/mol. The molecule has 1 heterocycles. The van der Waals surface area contributed by atoms with Crippen LogP contribution in [0.25, 0.3) is 0 Å². The van der Waals surface area contributed by atoms with Crippen molar-refractivity contribution in [1.82, 2.24) is 0 Å². The number of benzene rings is 1. The number of carbonyl (C=O) groups excluding carboxylic acids is 1. The molecule has 0 spiro atoms. The van der Waals surface area contributed by atoms with Crippen LogP contribution < -0.4 is 4.74 Å². The largest absolute Gasteiger partial charge is 0.493 e. The summed E-state index contributed by atoms with van der Waals surface area (Å²) in [5.74, 6) is -0.0398. The Balaban J connectivity index is 2.15. The lowest BCUT2D eigenvalue weighted by Crippen LogP contribution is -2.15. The predicted octanol–water partition coefficient (Wildman–Crippen LogP) is 3.54. The zero-order chi connectivity index (χ0) is 13.2. The molecule has 0 saturated carbocycles. The van der Waals surface area contributed by atoms with Gasteiger partial charge in [-0.1, -0.05) is 12.1 Å². The van der Waals surface area contributed by atoms with Crippen LogP contribution in [0.1, 0.15) is 35.2 Å². The van der Waals surface area contributed by atoms with Gasteiger partial charge in [-0.05, 0) is 24.5 Å². The summed E-state index contributed by atoms with van der Waals surface area (Å²) < 4.78 is 41.7. The molecule has 0 atom stereocenters. The van der Waals surface area contributed by atoms with E-state index in [1.165, 1.54) is 6.07 Å². The number of rotatable bonds is 3. The number of alkyl halides is 3. The van der Waals surface area contributed by atoms with Gasteiger partial charge < -0.3 is 4.74 Å². The highest BCUT2D eigenvalue weighted by molar-refractivity contribution is 5.99. The Hall–Kier alpha value is -1.52. The fourth-order valence-electron chi connectivity index (χ4n) is 2.00. The normalized spacial score (nSPS) is 14.8. The van der Waals surface area contributed by atoms with Gasteiger partial charge in [0.15, 0.2) is 5.78 Å².